The zero-order valence-corrected chi connectivity index (χ0v) is 28.1. The lowest BCUT2D eigenvalue weighted by Gasteiger charge is -2.20. The third-order valence-electron chi connectivity index (χ3n) is 7.47. The Hall–Kier alpha value is -3.72. The summed E-state index contributed by atoms with van der Waals surface area (Å²) in [6.07, 6.45) is 2.84. The standard InChI is InChI=1S/C34H30Cl2NO7PS/c1-43-45(40,25-13-7-4-8-14-25)31-20-27(31)24-18-28(35)32(29(36)19-24)33(38)37-30(34(39)44-21-22-10-5-3-6-11-22)17-23-12-9-15-26(16-23)46(2,41)42/h3-16,18-20,27,30H,17,21H2,1-2H3,(H,37,38)/t27?,30-,45?/m0/s1. The number of halogens is 2. The first-order valence-corrected chi connectivity index (χ1v) is 18.4. The van der Waals surface area contributed by atoms with Gasteiger partial charge in [-0.2, -0.15) is 0 Å². The number of rotatable bonds is 12. The van der Waals surface area contributed by atoms with Crippen LogP contribution >= 0.6 is 30.6 Å². The van der Waals surface area contributed by atoms with Crippen LogP contribution in [0, 0.1) is 0 Å². The summed E-state index contributed by atoms with van der Waals surface area (Å²) in [5.41, 5.74) is 1.81. The summed E-state index contributed by atoms with van der Waals surface area (Å²) in [5, 5.41) is 3.90. The van der Waals surface area contributed by atoms with Crippen LogP contribution in [0.4, 0.5) is 0 Å². The molecule has 4 aromatic carbocycles. The monoisotopic (exact) mass is 697 g/mol. The van der Waals surface area contributed by atoms with Crippen LogP contribution in [0.15, 0.2) is 113 Å². The molecule has 0 fully saturated rings. The van der Waals surface area contributed by atoms with Crippen molar-refractivity contribution in [2.24, 2.45) is 0 Å². The van der Waals surface area contributed by atoms with Crippen LogP contribution in [-0.2, 0) is 41.5 Å². The van der Waals surface area contributed by atoms with Crippen LogP contribution in [0.25, 0.3) is 0 Å². The Morgan fingerprint density at radius 2 is 1.50 bits per heavy atom. The molecule has 0 heterocycles. The Kier molecular flexibility index (Phi) is 10.2. The van der Waals surface area contributed by atoms with Crippen molar-refractivity contribution in [3.63, 3.8) is 0 Å². The van der Waals surface area contributed by atoms with Crippen LogP contribution in [0.1, 0.15) is 33.0 Å². The number of hydrogen-bond donors (Lipinski definition) is 1. The molecule has 0 saturated heterocycles. The molecule has 1 aliphatic rings. The topological polar surface area (TPSA) is 116 Å². The predicted molar refractivity (Wildman–Crippen MR) is 179 cm³/mol. The fraction of sp³-hybridized carbons (Fsp3) is 0.176. The molecule has 1 aliphatic carbocycles. The number of hydrogen-bond acceptors (Lipinski definition) is 7. The number of allylic oxidation sites excluding steroid dienone is 2. The fourth-order valence-electron chi connectivity index (χ4n) is 5.04. The first-order valence-electron chi connectivity index (χ1n) is 14.1. The third kappa shape index (κ3) is 7.63. The number of amides is 1. The molecule has 0 saturated carbocycles. The molecular weight excluding hydrogens is 668 g/mol. The maximum absolute atomic E-state index is 13.7. The van der Waals surface area contributed by atoms with E-state index in [1.807, 2.05) is 30.3 Å². The first kappa shape index (κ1) is 33.6. The van der Waals surface area contributed by atoms with Gasteiger partial charge in [0.25, 0.3) is 13.3 Å². The minimum Gasteiger partial charge on any atom is -0.459 e. The van der Waals surface area contributed by atoms with E-state index >= 15 is 0 Å². The second-order valence-electron chi connectivity index (χ2n) is 10.7. The number of esters is 1. The molecule has 8 nitrogen and oxygen atoms in total. The molecule has 1 amide bonds. The molecule has 0 bridgehead atoms. The second kappa shape index (κ2) is 14.0. The van der Waals surface area contributed by atoms with Gasteiger partial charge in [-0.3, -0.25) is 9.36 Å². The summed E-state index contributed by atoms with van der Waals surface area (Å²) in [5.74, 6) is -1.80. The molecule has 12 heteroatoms. The van der Waals surface area contributed by atoms with E-state index in [-0.39, 0.29) is 39.4 Å². The van der Waals surface area contributed by atoms with Crippen LogP contribution in [0.3, 0.4) is 0 Å². The summed E-state index contributed by atoms with van der Waals surface area (Å²) in [6, 6.07) is 26.0. The Labute approximate surface area is 277 Å². The van der Waals surface area contributed by atoms with Crippen LogP contribution in [-0.4, -0.2) is 39.7 Å². The number of sulfone groups is 1. The highest BCUT2D eigenvalue weighted by Gasteiger charge is 2.43. The van der Waals surface area contributed by atoms with E-state index in [2.05, 4.69) is 5.32 Å². The second-order valence-corrected chi connectivity index (χ2v) is 16.1. The third-order valence-corrected chi connectivity index (χ3v) is 11.8. The number of carbonyl (C=O) groups is 2. The van der Waals surface area contributed by atoms with Crippen molar-refractivity contribution in [2.45, 2.75) is 29.9 Å². The predicted octanol–water partition coefficient (Wildman–Crippen LogP) is 6.71. The number of ether oxygens (including phenoxy) is 1. The lowest BCUT2D eigenvalue weighted by Crippen LogP contribution is -2.43. The van der Waals surface area contributed by atoms with Crippen LogP contribution in [0.2, 0.25) is 10.0 Å². The van der Waals surface area contributed by atoms with Crippen molar-refractivity contribution in [3.05, 3.63) is 141 Å². The highest BCUT2D eigenvalue weighted by atomic mass is 35.5. The van der Waals surface area contributed by atoms with Crippen molar-refractivity contribution in [1.82, 2.24) is 5.32 Å². The number of benzene rings is 4. The van der Waals surface area contributed by atoms with Gasteiger partial charge in [0.15, 0.2) is 9.84 Å². The number of carbonyl (C=O) groups excluding carboxylic acids is 2. The zero-order valence-electron chi connectivity index (χ0n) is 24.9. The van der Waals surface area contributed by atoms with Gasteiger partial charge in [0.1, 0.15) is 12.6 Å². The van der Waals surface area contributed by atoms with E-state index in [1.165, 1.54) is 19.2 Å². The highest BCUT2D eigenvalue weighted by molar-refractivity contribution is 7.90. The smallest absolute Gasteiger partial charge is 0.329 e. The van der Waals surface area contributed by atoms with E-state index in [4.69, 9.17) is 32.5 Å². The summed E-state index contributed by atoms with van der Waals surface area (Å²) in [4.78, 5) is 27.0. The van der Waals surface area contributed by atoms with Crippen molar-refractivity contribution in [1.29, 1.82) is 0 Å². The van der Waals surface area contributed by atoms with Gasteiger partial charge in [-0.05, 0) is 53.1 Å². The molecule has 0 radical (unpaired) electrons. The molecule has 3 atom stereocenters. The van der Waals surface area contributed by atoms with E-state index in [1.54, 1.807) is 60.7 Å². The Morgan fingerprint density at radius 1 is 0.891 bits per heavy atom. The van der Waals surface area contributed by atoms with Crippen LogP contribution < -0.4 is 10.6 Å². The molecule has 238 valence electrons. The van der Waals surface area contributed by atoms with Gasteiger partial charge in [-0.15, -0.1) is 0 Å². The van der Waals surface area contributed by atoms with Crippen LogP contribution in [0.5, 0.6) is 0 Å². The molecule has 5 rings (SSSR count). The average Bonchev–Trinajstić information content (AvgIpc) is 3.85. The largest absolute Gasteiger partial charge is 0.459 e. The minimum atomic E-state index is -3.51. The Bertz CT molecular complexity index is 1940. The summed E-state index contributed by atoms with van der Waals surface area (Å²) in [7, 11) is -5.41. The van der Waals surface area contributed by atoms with Crippen molar-refractivity contribution >= 4 is 57.6 Å². The zero-order chi connectivity index (χ0) is 33.1. The van der Waals surface area contributed by atoms with Crippen molar-refractivity contribution in [3.8, 4) is 0 Å². The van der Waals surface area contributed by atoms with Gasteiger partial charge < -0.3 is 14.6 Å². The van der Waals surface area contributed by atoms with Crippen molar-refractivity contribution in [2.75, 3.05) is 13.4 Å². The fourth-order valence-corrected chi connectivity index (χ4v) is 8.55. The normalized spacial score (nSPS) is 16.1. The Morgan fingerprint density at radius 3 is 2.11 bits per heavy atom. The van der Waals surface area contributed by atoms with E-state index in [0.717, 1.165) is 11.8 Å². The van der Waals surface area contributed by atoms with E-state index < -0.39 is 35.1 Å². The molecule has 1 N–H and O–H groups in total. The van der Waals surface area contributed by atoms with Gasteiger partial charge in [0, 0.05) is 36.3 Å². The highest BCUT2D eigenvalue weighted by Crippen LogP contribution is 2.66. The molecule has 2 unspecified atom stereocenters. The maximum atomic E-state index is 13.7. The molecular formula is C34H30Cl2NO7PS. The summed E-state index contributed by atoms with van der Waals surface area (Å²) >= 11 is 13.2. The first-order chi connectivity index (χ1) is 21.9. The molecule has 46 heavy (non-hydrogen) atoms. The number of nitrogens with one attached hydrogen (secondary N) is 1. The molecule has 0 aromatic heterocycles. The quantitative estimate of drug-likeness (QED) is 0.129. The lowest BCUT2D eigenvalue weighted by atomic mass is 10.0. The lowest BCUT2D eigenvalue weighted by molar-refractivity contribution is -0.147. The van der Waals surface area contributed by atoms with E-state index in [0.29, 0.717) is 21.7 Å². The van der Waals surface area contributed by atoms with E-state index in [9.17, 15) is 22.6 Å². The van der Waals surface area contributed by atoms with Gasteiger partial charge in [0.2, 0.25) is 0 Å². The average molecular weight is 699 g/mol. The Balaban J connectivity index is 1.37. The minimum absolute atomic E-state index is 0.0297. The van der Waals surface area contributed by atoms with Gasteiger partial charge in [-0.25, -0.2) is 13.2 Å². The molecule has 4 aromatic rings. The summed E-state index contributed by atoms with van der Waals surface area (Å²) < 4.78 is 49.0. The molecule has 0 aliphatic heterocycles. The summed E-state index contributed by atoms with van der Waals surface area (Å²) in [6.45, 7) is -0.0311. The van der Waals surface area contributed by atoms with Gasteiger partial charge in [-0.1, -0.05) is 89.9 Å². The van der Waals surface area contributed by atoms with Crippen molar-refractivity contribution < 1.29 is 31.8 Å². The maximum Gasteiger partial charge on any atom is 0.329 e. The van der Waals surface area contributed by atoms with Gasteiger partial charge >= 0.3 is 5.97 Å². The van der Waals surface area contributed by atoms with Gasteiger partial charge in [0.05, 0.1) is 20.5 Å². The SMILES string of the molecule is COP(=O)(C1=CC1c1cc(Cl)c(C(=O)N[C@@H](Cc2cccc(S(C)(=O)=O)c2)C(=O)OCc2ccccc2)c(Cl)c1)c1ccccc1. The molecule has 0 spiro atoms.